The lowest BCUT2D eigenvalue weighted by Crippen LogP contribution is -2.32. The third-order valence-corrected chi connectivity index (χ3v) is 4.27. The molecule has 120 valence electrons. The molecule has 0 saturated carbocycles. The average Bonchev–Trinajstić information content (AvgIpc) is 3.03. The molecular weight excluding hydrogens is 286 g/mol. The third-order valence-electron chi connectivity index (χ3n) is 4.27. The minimum absolute atomic E-state index is 0.191. The number of aliphatic hydroxyl groups is 2. The summed E-state index contributed by atoms with van der Waals surface area (Å²) in [5.74, 6) is 0.0926. The number of fused-ring (bicyclic) bond motifs is 1. The molecule has 4 N–H and O–H groups in total. The van der Waals surface area contributed by atoms with Gasteiger partial charge in [0.25, 0.3) is 0 Å². The number of aliphatic hydroxyl groups excluding tert-OH is 2. The van der Waals surface area contributed by atoms with Crippen molar-refractivity contribution in [1.82, 2.24) is 19.5 Å². The van der Waals surface area contributed by atoms with Crippen molar-refractivity contribution in [2.75, 3.05) is 5.73 Å². The number of aromatic nitrogens is 4. The number of nitrogens with two attached hydrogens (primary N) is 1. The van der Waals surface area contributed by atoms with Gasteiger partial charge in [0.1, 0.15) is 17.9 Å². The maximum absolute atomic E-state index is 10.5. The van der Waals surface area contributed by atoms with Crippen LogP contribution < -0.4 is 5.73 Å². The zero-order valence-corrected chi connectivity index (χ0v) is 12.6. The molecule has 0 bridgehead atoms. The minimum atomic E-state index is -0.759. The van der Waals surface area contributed by atoms with E-state index in [9.17, 15) is 10.2 Å². The predicted octanol–water partition coefficient (Wildman–Crippen LogP) is 0.464. The second-order valence-electron chi connectivity index (χ2n) is 5.78. The highest BCUT2D eigenvalue weighted by Gasteiger charge is 2.45. The molecular formula is C14H21N5O3. The van der Waals surface area contributed by atoms with Crippen molar-refractivity contribution in [2.45, 2.75) is 51.2 Å². The fourth-order valence-corrected chi connectivity index (χ4v) is 3.01. The lowest BCUT2D eigenvalue weighted by molar-refractivity contribution is -0.0783. The molecule has 0 radical (unpaired) electrons. The van der Waals surface area contributed by atoms with E-state index in [1.54, 1.807) is 4.57 Å². The fraction of sp³-hybridized carbons (Fsp3) is 0.643. The quantitative estimate of drug-likeness (QED) is 0.750. The van der Waals surface area contributed by atoms with E-state index in [1.165, 1.54) is 12.7 Å². The predicted molar refractivity (Wildman–Crippen MR) is 79.7 cm³/mol. The van der Waals surface area contributed by atoms with E-state index in [2.05, 4.69) is 15.0 Å². The van der Waals surface area contributed by atoms with Crippen molar-refractivity contribution in [2.24, 2.45) is 5.92 Å². The first-order chi connectivity index (χ1) is 10.5. The molecule has 3 rings (SSSR count). The first-order valence-electron chi connectivity index (χ1n) is 7.49. The molecule has 5 atom stereocenters. The molecule has 0 spiro atoms. The highest BCUT2D eigenvalue weighted by Crippen LogP contribution is 2.37. The Hall–Kier alpha value is -1.77. The molecule has 1 aliphatic rings. The molecule has 2 aromatic rings. The Bertz CT molecular complexity index is 661. The smallest absolute Gasteiger partial charge is 0.167 e. The van der Waals surface area contributed by atoms with E-state index in [1.807, 2.05) is 13.8 Å². The monoisotopic (exact) mass is 307 g/mol. The maximum atomic E-state index is 10.5. The van der Waals surface area contributed by atoms with E-state index in [-0.39, 0.29) is 11.7 Å². The number of hydrogen-bond acceptors (Lipinski definition) is 7. The zero-order valence-electron chi connectivity index (χ0n) is 12.6. The van der Waals surface area contributed by atoms with Gasteiger partial charge >= 0.3 is 0 Å². The van der Waals surface area contributed by atoms with Gasteiger partial charge in [-0.05, 0) is 6.42 Å². The SMILES string of the molecule is CCC[C@H](O)[C@H]1O[C@@H](n2cnc3c(N)ncnc32)[C@H](O)[C@@H]1C. The van der Waals surface area contributed by atoms with Gasteiger partial charge < -0.3 is 20.7 Å². The third kappa shape index (κ3) is 2.33. The van der Waals surface area contributed by atoms with Gasteiger partial charge in [-0.3, -0.25) is 4.57 Å². The Kier molecular flexibility index (Phi) is 3.98. The largest absolute Gasteiger partial charge is 0.390 e. The molecule has 3 heterocycles. The molecule has 1 aliphatic heterocycles. The normalized spacial score (nSPS) is 30.0. The Morgan fingerprint density at radius 3 is 2.91 bits per heavy atom. The van der Waals surface area contributed by atoms with Gasteiger partial charge in [-0.15, -0.1) is 0 Å². The van der Waals surface area contributed by atoms with E-state index in [4.69, 9.17) is 10.5 Å². The molecule has 0 amide bonds. The molecule has 1 saturated heterocycles. The Morgan fingerprint density at radius 1 is 1.41 bits per heavy atom. The van der Waals surface area contributed by atoms with Crippen LogP contribution >= 0.6 is 0 Å². The van der Waals surface area contributed by atoms with Gasteiger partial charge in [0.2, 0.25) is 0 Å². The first-order valence-corrected chi connectivity index (χ1v) is 7.49. The van der Waals surface area contributed by atoms with Crippen LogP contribution in [0.1, 0.15) is 32.9 Å². The van der Waals surface area contributed by atoms with Crippen molar-refractivity contribution < 1.29 is 14.9 Å². The van der Waals surface area contributed by atoms with Crippen molar-refractivity contribution >= 4 is 17.0 Å². The molecule has 0 aromatic carbocycles. The molecule has 0 unspecified atom stereocenters. The first kappa shape index (κ1) is 15.1. The summed E-state index contributed by atoms with van der Waals surface area (Å²) in [4.78, 5) is 12.3. The van der Waals surface area contributed by atoms with Crippen LogP contribution in [-0.4, -0.2) is 48.0 Å². The van der Waals surface area contributed by atoms with Gasteiger partial charge in [-0.1, -0.05) is 20.3 Å². The van der Waals surface area contributed by atoms with Gasteiger partial charge in [-0.25, -0.2) is 15.0 Å². The second-order valence-corrected chi connectivity index (χ2v) is 5.78. The molecule has 2 aromatic heterocycles. The highest BCUT2D eigenvalue weighted by molar-refractivity contribution is 5.81. The molecule has 0 aliphatic carbocycles. The second kappa shape index (κ2) is 5.79. The number of hydrogen-bond donors (Lipinski definition) is 3. The summed E-state index contributed by atoms with van der Waals surface area (Å²) in [5.41, 5.74) is 6.76. The Morgan fingerprint density at radius 2 is 2.18 bits per heavy atom. The number of imidazole rings is 1. The zero-order chi connectivity index (χ0) is 15.9. The molecule has 8 nitrogen and oxygen atoms in total. The van der Waals surface area contributed by atoms with E-state index >= 15 is 0 Å². The summed E-state index contributed by atoms with van der Waals surface area (Å²) in [5, 5.41) is 20.7. The van der Waals surface area contributed by atoms with Crippen molar-refractivity contribution in [3.05, 3.63) is 12.7 Å². The van der Waals surface area contributed by atoms with E-state index in [0.717, 1.165) is 6.42 Å². The summed E-state index contributed by atoms with van der Waals surface area (Å²) in [7, 11) is 0. The standard InChI is InChI=1S/C14H21N5O3/c1-3-4-8(20)11-7(2)10(21)14(22-11)19-6-18-9-12(15)16-5-17-13(9)19/h5-8,10-11,14,20-21H,3-4H2,1-2H3,(H2,15,16,17)/t7-,8-,10+,11-,14+/m0/s1. The van der Waals surface area contributed by atoms with Crippen LogP contribution in [0.5, 0.6) is 0 Å². The molecule has 22 heavy (non-hydrogen) atoms. The summed E-state index contributed by atoms with van der Waals surface area (Å²) in [6, 6.07) is 0. The number of nitrogens with zero attached hydrogens (tertiary/aromatic N) is 4. The van der Waals surface area contributed by atoms with Crippen molar-refractivity contribution in [1.29, 1.82) is 0 Å². The van der Waals surface area contributed by atoms with Crippen LogP contribution in [0.15, 0.2) is 12.7 Å². The topological polar surface area (TPSA) is 119 Å². The number of nitrogen functional groups attached to an aromatic ring is 1. The number of anilines is 1. The Balaban J connectivity index is 1.92. The van der Waals surface area contributed by atoms with Crippen LogP contribution in [-0.2, 0) is 4.74 Å². The van der Waals surface area contributed by atoms with Gasteiger partial charge in [0, 0.05) is 5.92 Å². The number of ether oxygens (including phenoxy) is 1. The van der Waals surface area contributed by atoms with Gasteiger partial charge in [0.15, 0.2) is 17.7 Å². The van der Waals surface area contributed by atoms with Crippen molar-refractivity contribution in [3.8, 4) is 0 Å². The van der Waals surface area contributed by atoms with Gasteiger partial charge in [-0.2, -0.15) is 0 Å². The number of rotatable bonds is 4. The lowest BCUT2D eigenvalue weighted by atomic mass is 9.94. The summed E-state index contributed by atoms with van der Waals surface area (Å²) >= 11 is 0. The summed E-state index contributed by atoms with van der Waals surface area (Å²) in [6.45, 7) is 3.87. The van der Waals surface area contributed by atoms with E-state index in [0.29, 0.717) is 17.6 Å². The lowest BCUT2D eigenvalue weighted by Gasteiger charge is -2.21. The van der Waals surface area contributed by atoms with Crippen molar-refractivity contribution in [3.63, 3.8) is 0 Å². The van der Waals surface area contributed by atoms with Crippen LogP contribution in [0.3, 0.4) is 0 Å². The molecule has 1 fully saturated rings. The van der Waals surface area contributed by atoms with Crippen LogP contribution in [0.4, 0.5) is 5.82 Å². The highest BCUT2D eigenvalue weighted by atomic mass is 16.5. The summed E-state index contributed by atoms with van der Waals surface area (Å²) < 4.78 is 7.56. The average molecular weight is 307 g/mol. The fourth-order valence-electron chi connectivity index (χ4n) is 3.01. The Labute approximate surface area is 128 Å². The minimum Gasteiger partial charge on any atom is -0.390 e. The van der Waals surface area contributed by atoms with Crippen LogP contribution in [0, 0.1) is 5.92 Å². The molecule has 8 heteroatoms. The van der Waals surface area contributed by atoms with E-state index < -0.39 is 24.5 Å². The summed E-state index contributed by atoms with van der Waals surface area (Å²) in [6.07, 6.45) is 1.94. The van der Waals surface area contributed by atoms with Gasteiger partial charge in [0.05, 0.1) is 18.5 Å². The van der Waals surface area contributed by atoms with Crippen LogP contribution in [0.2, 0.25) is 0 Å². The maximum Gasteiger partial charge on any atom is 0.167 e. The van der Waals surface area contributed by atoms with Crippen LogP contribution in [0.25, 0.3) is 11.2 Å².